The minimum absolute atomic E-state index is 0.621. The number of nitrogens with zero attached hydrogens (tertiary/aromatic N) is 3. The van der Waals surface area contributed by atoms with Gasteiger partial charge in [0.15, 0.2) is 0 Å². The van der Waals surface area contributed by atoms with Crippen LogP contribution in [0.2, 0.25) is 0 Å². The molecule has 0 aliphatic carbocycles. The highest BCUT2D eigenvalue weighted by molar-refractivity contribution is 5.87. The Hall–Kier alpha value is -1.62. The molecule has 5 heteroatoms. The molecule has 0 saturated carbocycles. The van der Waals surface area contributed by atoms with Crippen LogP contribution in [0.25, 0.3) is 11.0 Å². The summed E-state index contributed by atoms with van der Waals surface area (Å²) >= 11 is 0. The molecule has 0 bridgehead atoms. The summed E-state index contributed by atoms with van der Waals surface area (Å²) in [5.74, 6) is 1.67. The fourth-order valence-corrected chi connectivity index (χ4v) is 2.67. The van der Waals surface area contributed by atoms with Gasteiger partial charge in [-0.05, 0) is 18.9 Å². The summed E-state index contributed by atoms with van der Waals surface area (Å²) in [6.07, 6.45) is 5.82. The second kappa shape index (κ2) is 5.57. The van der Waals surface area contributed by atoms with Gasteiger partial charge in [-0.25, -0.2) is 9.97 Å². The molecule has 3 rings (SSSR count). The molecule has 19 heavy (non-hydrogen) atoms. The van der Waals surface area contributed by atoms with Crippen molar-refractivity contribution in [1.82, 2.24) is 15.0 Å². The Labute approximate surface area is 113 Å². The first-order valence-electron chi connectivity index (χ1n) is 6.99. The van der Waals surface area contributed by atoms with E-state index in [-0.39, 0.29) is 0 Å². The van der Waals surface area contributed by atoms with Crippen LogP contribution in [0.15, 0.2) is 18.6 Å². The molecule has 0 spiro atoms. The van der Waals surface area contributed by atoms with Crippen LogP contribution in [-0.4, -0.2) is 41.3 Å². The molecule has 0 radical (unpaired) electrons. The molecule has 2 aromatic heterocycles. The minimum Gasteiger partial charge on any atom is -0.381 e. The van der Waals surface area contributed by atoms with Crippen molar-refractivity contribution in [2.45, 2.75) is 19.8 Å². The largest absolute Gasteiger partial charge is 0.381 e. The summed E-state index contributed by atoms with van der Waals surface area (Å²) < 4.78 is 5.66. The minimum atomic E-state index is 0.621. The van der Waals surface area contributed by atoms with Crippen LogP contribution in [-0.2, 0) is 4.74 Å². The third-order valence-corrected chi connectivity index (χ3v) is 3.62. The summed E-state index contributed by atoms with van der Waals surface area (Å²) in [5, 5.41) is 1.11. The smallest absolute Gasteiger partial charge is 0.142 e. The van der Waals surface area contributed by atoms with Crippen LogP contribution in [0.4, 0.5) is 5.82 Å². The topological polar surface area (TPSA) is 54.0 Å². The standard InChI is InChI=1S/C14H20N4O/c1-2-7-19-9-11-4-6-18(8-11)14-12-3-5-15-13(12)16-10-17-14/h3,5,10-11H,2,4,6-9H2,1H3,(H,15,16,17)/t11-/m0/s1. The van der Waals surface area contributed by atoms with E-state index in [1.54, 1.807) is 6.33 Å². The lowest BCUT2D eigenvalue weighted by atomic mass is 10.1. The highest BCUT2D eigenvalue weighted by Crippen LogP contribution is 2.27. The lowest BCUT2D eigenvalue weighted by Crippen LogP contribution is -2.22. The van der Waals surface area contributed by atoms with Gasteiger partial charge in [-0.2, -0.15) is 0 Å². The Bertz CT molecular complexity index is 539. The second-order valence-electron chi connectivity index (χ2n) is 5.11. The number of aromatic amines is 1. The molecular weight excluding hydrogens is 240 g/mol. The fourth-order valence-electron chi connectivity index (χ4n) is 2.67. The predicted octanol–water partition coefficient (Wildman–Crippen LogP) is 2.21. The van der Waals surface area contributed by atoms with Crippen LogP contribution in [0, 0.1) is 5.92 Å². The van der Waals surface area contributed by atoms with E-state index in [1.807, 2.05) is 12.3 Å². The molecule has 3 heterocycles. The van der Waals surface area contributed by atoms with E-state index in [0.29, 0.717) is 5.92 Å². The first-order chi connectivity index (χ1) is 9.38. The van der Waals surface area contributed by atoms with Crippen LogP contribution in [0.5, 0.6) is 0 Å². The van der Waals surface area contributed by atoms with Gasteiger partial charge >= 0.3 is 0 Å². The lowest BCUT2D eigenvalue weighted by molar-refractivity contribution is 0.106. The molecule has 1 fully saturated rings. The Morgan fingerprint density at radius 3 is 3.32 bits per heavy atom. The highest BCUT2D eigenvalue weighted by atomic mass is 16.5. The van der Waals surface area contributed by atoms with Crippen LogP contribution in [0.1, 0.15) is 19.8 Å². The van der Waals surface area contributed by atoms with Crippen molar-refractivity contribution in [1.29, 1.82) is 0 Å². The normalized spacial score (nSPS) is 19.4. The molecule has 1 aliphatic rings. The zero-order valence-electron chi connectivity index (χ0n) is 11.3. The Morgan fingerprint density at radius 2 is 2.42 bits per heavy atom. The number of fused-ring (bicyclic) bond motifs is 1. The average Bonchev–Trinajstić information content (AvgIpc) is 3.07. The number of anilines is 1. The number of hydrogen-bond donors (Lipinski definition) is 1. The van der Waals surface area contributed by atoms with Crippen molar-refractivity contribution in [3.05, 3.63) is 18.6 Å². The first kappa shape index (κ1) is 12.4. The van der Waals surface area contributed by atoms with Gasteiger partial charge in [0.2, 0.25) is 0 Å². The molecule has 0 aromatic carbocycles. The molecular formula is C14H20N4O. The summed E-state index contributed by atoms with van der Waals surface area (Å²) in [5.41, 5.74) is 0.913. The van der Waals surface area contributed by atoms with Crippen LogP contribution < -0.4 is 4.90 Å². The summed E-state index contributed by atoms with van der Waals surface area (Å²) in [4.78, 5) is 14.2. The zero-order chi connectivity index (χ0) is 13.1. The first-order valence-corrected chi connectivity index (χ1v) is 6.99. The molecule has 102 valence electrons. The van der Waals surface area contributed by atoms with Crippen molar-refractivity contribution in [3.8, 4) is 0 Å². The third kappa shape index (κ3) is 2.56. The number of H-pyrrole nitrogens is 1. The van der Waals surface area contributed by atoms with E-state index >= 15 is 0 Å². The molecule has 0 unspecified atom stereocenters. The van der Waals surface area contributed by atoms with Gasteiger partial charge in [-0.15, -0.1) is 0 Å². The number of nitrogens with one attached hydrogen (secondary N) is 1. The average molecular weight is 260 g/mol. The molecule has 0 amide bonds. The highest BCUT2D eigenvalue weighted by Gasteiger charge is 2.25. The molecule has 1 N–H and O–H groups in total. The van der Waals surface area contributed by atoms with E-state index in [2.05, 4.69) is 26.8 Å². The van der Waals surface area contributed by atoms with E-state index < -0.39 is 0 Å². The van der Waals surface area contributed by atoms with Crippen LogP contribution >= 0.6 is 0 Å². The van der Waals surface area contributed by atoms with Gasteiger partial charge < -0.3 is 14.6 Å². The van der Waals surface area contributed by atoms with Crippen molar-refractivity contribution in [2.75, 3.05) is 31.2 Å². The van der Waals surface area contributed by atoms with Gasteiger partial charge in [0.05, 0.1) is 12.0 Å². The van der Waals surface area contributed by atoms with Gasteiger partial charge in [0.25, 0.3) is 0 Å². The summed E-state index contributed by atoms with van der Waals surface area (Å²) in [7, 11) is 0. The lowest BCUT2D eigenvalue weighted by Gasteiger charge is -2.18. The number of ether oxygens (including phenoxy) is 1. The molecule has 1 saturated heterocycles. The maximum atomic E-state index is 5.66. The predicted molar refractivity (Wildman–Crippen MR) is 75.3 cm³/mol. The molecule has 1 atom stereocenters. The fraction of sp³-hybridized carbons (Fsp3) is 0.571. The second-order valence-corrected chi connectivity index (χ2v) is 5.11. The van der Waals surface area contributed by atoms with Crippen LogP contribution in [0.3, 0.4) is 0 Å². The quantitative estimate of drug-likeness (QED) is 0.837. The van der Waals surface area contributed by atoms with E-state index in [4.69, 9.17) is 4.74 Å². The van der Waals surface area contributed by atoms with E-state index in [0.717, 1.165) is 49.6 Å². The molecule has 1 aliphatic heterocycles. The van der Waals surface area contributed by atoms with Crippen molar-refractivity contribution >= 4 is 16.9 Å². The van der Waals surface area contributed by atoms with Crippen molar-refractivity contribution in [2.24, 2.45) is 5.92 Å². The third-order valence-electron chi connectivity index (χ3n) is 3.62. The molecule has 2 aromatic rings. The van der Waals surface area contributed by atoms with Crippen molar-refractivity contribution < 1.29 is 4.74 Å². The number of rotatable bonds is 5. The number of aromatic nitrogens is 3. The van der Waals surface area contributed by atoms with Gasteiger partial charge in [0.1, 0.15) is 17.8 Å². The summed E-state index contributed by atoms with van der Waals surface area (Å²) in [6, 6.07) is 2.05. The van der Waals surface area contributed by atoms with E-state index in [1.165, 1.54) is 6.42 Å². The maximum absolute atomic E-state index is 5.66. The van der Waals surface area contributed by atoms with Gasteiger partial charge in [0, 0.05) is 31.8 Å². The number of hydrogen-bond acceptors (Lipinski definition) is 4. The summed E-state index contributed by atoms with van der Waals surface area (Å²) in [6.45, 7) is 5.96. The SMILES string of the molecule is CCCOC[C@H]1CCN(c2ncnc3[nH]ccc23)C1. The Morgan fingerprint density at radius 1 is 1.47 bits per heavy atom. The maximum Gasteiger partial charge on any atom is 0.142 e. The van der Waals surface area contributed by atoms with Gasteiger partial charge in [-0.3, -0.25) is 0 Å². The van der Waals surface area contributed by atoms with Crippen molar-refractivity contribution in [3.63, 3.8) is 0 Å². The van der Waals surface area contributed by atoms with E-state index in [9.17, 15) is 0 Å². The van der Waals surface area contributed by atoms with Gasteiger partial charge in [-0.1, -0.05) is 6.92 Å². The molecule has 5 nitrogen and oxygen atoms in total. The Balaban J connectivity index is 1.69. The Kier molecular flexibility index (Phi) is 3.64. The monoisotopic (exact) mass is 260 g/mol. The zero-order valence-corrected chi connectivity index (χ0v) is 11.3.